The smallest absolute Gasteiger partial charge is 0.323 e. The van der Waals surface area contributed by atoms with Crippen LogP contribution in [0.15, 0.2) is 54.2 Å². The number of urea groups is 1. The number of likely N-dealkylation sites (N-methyl/N-ethyl adjacent to an activating group) is 1. The van der Waals surface area contributed by atoms with E-state index in [1.807, 2.05) is 17.5 Å². The second kappa shape index (κ2) is 8.61. The average molecular weight is 402 g/mol. The number of anilines is 2. The monoisotopic (exact) mass is 401 g/mol. The van der Waals surface area contributed by atoms with Gasteiger partial charge in [-0.05, 0) is 30.3 Å². The molecule has 9 heteroatoms. The van der Waals surface area contributed by atoms with Crippen molar-refractivity contribution in [1.82, 2.24) is 14.9 Å². The second-order valence-electron chi connectivity index (χ2n) is 5.62. The zero-order valence-electron chi connectivity index (χ0n) is 14.3. The van der Waals surface area contributed by atoms with Gasteiger partial charge in [-0.15, -0.1) is 11.3 Å². The van der Waals surface area contributed by atoms with Crippen LogP contribution in [0.4, 0.5) is 15.6 Å². The summed E-state index contributed by atoms with van der Waals surface area (Å²) in [6.07, 6.45) is 3.38. The lowest BCUT2D eigenvalue weighted by atomic mass is 10.2. The first-order valence-corrected chi connectivity index (χ1v) is 9.20. The molecule has 27 heavy (non-hydrogen) atoms. The normalized spacial score (nSPS) is 10.3. The third-order valence-electron chi connectivity index (χ3n) is 3.51. The summed E-state index contributed by atoms with van der Waals surface area (Å²) in [6, 6.07) is 10.1. The molecule has 1 aromatic carbocycles. The van der Waals surface area contributed by atoms with E-state index < -0.39 is 6.03 Å². The fraction of sp³-hybridized carbons (Fsp3) is 0.111. The molecule has 0 saturated heterocycles. The lowest BCUT2D eigenvalue weighted by Crippen LogP contribution is -2.37. The number of hydrogen-bond donors (Lipinski definition) is 2. The van der Waals surface area contributed by atoms with E-state index in [1.165, 1.54) is 23.3 Å². The second-order valence-corrected chi connectivity index (χ2v) is 6.92. The Morgan fingerprint density at radius 2 is 2.07 bits per heavy atom. The molecule has 0 unspecified atom stereocenters. The van der Waals surface area contributed by atoms with E-state index >= 15 is 0 Å². The van der Waals surface area contributed by atoms with Gasteiger partial charge in [0.15, 0.2) is 5.13 Å². The first kappa shape index (κ1) is 18.8. The Bertz CT molecular complexity index is 948. The zero-order valence-corrected chi connectivity index (χ0v) is 15.9. The molecule has 0 fully saturated rings. The van der Waals surface area contributed by atoms with Crippen molar-refractivity contribution in [2.24, 2.45) is 0 Å². The van der Waals surface area contributed by atoms with E-state index in [0.29, 0.717) is 15.8 Å². The third kappa shape index (κ3) is 5.25. The van der Waals surface area contributed by atoms with Gasteiger partial charge in [-0.1, -0.05) is 17.7 Å². The molecule has 2 aromatic heterocycles. The van der Waals surface area contributed by atoms with Gasteiger partial charge in [-0.3, -0.25) is 15.1 Å². The minimum Gasteiger partial charge on any atom is -0.324 e. The summed E-state index contributed by atoms with van der Waals surface area (Å²) < 4.78 is 0. The average Bonchev–Trinajstić information content (AvgIpc) is 3.11. The van der Waals surface area contributed by atoms with Crippen LogP contribution in [-0.4, -0.2) is 40.4 Å². The highest BCUT2D eigenvalue weighted by molar-refractivity contribution is 7.14. The molecule has 7 nitrogen and oxygen atoms in total. The number of benzene rings is 1. The molecule has 0 radical (unpaired) electrons. The van der Waals surface area contributed by atoms with Crippen LogP contribution in [0.25, 0.3) is 11.3 Å². The third-order valence-corrected chi connectivity index (χ3v) is 4.50. The molecule has 2 N–H and O–H groups in total. The Balaban J connectivity index is 1.55. The van der Waals surface area contributed by atoms with E-state index in [9.17, 15) is 9.59 Å². The van der Waals surface area contributed by atoms with Crippen LogP contribution in [-0.2, 0) is 4.79 Å². The van der Waals surface area contributed by atoms with Crippen molar-refractivity contribution in [3.05, 3.63) is 59.2 Å². The number of thiazole rings is 1. The van der Waals surface area contributed by atoms with Gasteiger partial charge in [-0.25, -0.2) is 9.78 Å². The quantitative estimate of drug-likeness (QED) is 0.677. The van der Waals surface area contributed by atoms with Gasteiger partial charge in [0.1, 0.15) is 6.54 Å². The minimum absolute atomic E-state index is 0.112. The molecule has 3 amide bonds. The molecule has 0 saturated carbocycles. The number of carbonyl (C=O) groups is 2. The Morgan fingerprint density at radius 3 is 2.81 bits per heavy atom. The lowest BCUT2D eigenvalue weighted by Gasteiger charge is -2.16. The van der Waals surface area contributed by atoms with Crippen LogP contribution in [0, 0.1) is 0 Å². The van der Waals surface area contributed by atoms with E-state index in [-0.39, 0.29) is 12.5 Å². The molecule has 0 atom stereocenters. The Morgan fingerprint density at radius 1 is 1.22 bits per heavy atom. The van der Waals surface area contributed by atoms with Crippen LogP contribution in [0.3, 0.4) is 0 Å². The van der Waals surface area contributed by atoms with Crippen molar-refractivity contribution in [2.45, 2.75) is 0 Å². The van der Waals surface area contributed by atoms with E-state index in [4.69, 9.17) is 11.6 Å². The van der Waals surface area contributed by atoms with Crippen molar-refractivity contribution in [3.8, 4) is 11.3 Å². The topological polar surface area (TPSA) is 87.2 Å². The summed E-state index contributed by atoms with van der Waals surface area (Å²) in [5.74, 6) is -0.329. The number of nitrogens with zero attached hydrogens (tertiary/aromatic N) is 3. The largest absolute Gasteiger partial charge is 0.324 e. The number of amides is 3. The Kier molecular flexibility index (Phi) is 6.00. The molecule has 138 valence electrons. The van der Waals surface area contributed by atoms with Crippen molar-refractivity contribution in [3.63, 3.8) is 0 Å². The highest BCUT2D eigenvalue weighted by atomic mass is 35.5. The highest BCUT2D eigenvalue weighted by Gasteiger charge is 2.15. The summed E-state index contributed by atoms with van der Waals surface area (Å²) in [7, 11) is 1.53. The molecule has 3 rings (SSSR count). The van der Waals surface area contributed by atoms with Gasteiger partial charge in [0.05, 0.1) is 5.69 Å². The first-order chi connectivity index (χ1) is 13.0. The molecular weight excluding hydrogens is 386 g/mol. The van der Waals surface area contributed by atoms with Gasteiger partial charge >= 0.3 is 6.03 Å². The summed E-state index contributed by atoms with van der Waals surface area (Å²) in [4.78, 5) is 34.0. The lowest BCUT2D eigenvalue weighted by molar-refractivity contribution is -0.116. The molecule has 0 spiro atoms. The van der Waals surface area contributed by atoms with E-state index in [1.54, 1.807) is 36.7 Å². The number of pyridine rings is 1. The summed E-state index contributed by atoms with van der Waals surface area (Å²) >= 11 is 7.19. The van der Waals surface area contributed by atoms with Gasteiger partial charge in [-0.2, -0.15) is 0 Å². The molecule has 2 heterocycles. The Labute approximate surface area is 165 Å². The zero-order chi connectivity index (χ0) is 19.2. The molecule has 0 aliphatic rings. The fourth-order valence-electron chi connectivity index (χ4n) is 2.22. The number of rotatable bonds is 5. The maximum Gasteiger partial charge on any atom is 0.323 e. The maximum atomic E-state index is 12.3. The number of nitrogens with one attached hydrogen (secondary N) is 2. The Hall–Kier alpha value is -2.97. The SMILES string of the molecule is CN(CC(=O)Nc1cccc(Cl)c1)C(=O)Nc1nc(-c2cccnc2)cs1. The molecule has 0 bridgehead atoms. The van der Waals surface area contributed by atoms with E-state index in [2.05, 4.69) is 20.6 Å². The molecule has 3 aromatic rings. The van der Waals surface area contributed by atoms with Crippen LogP contribution in [0.1, 0.15) is 0 Å². The summed E-state index contributed by atoms with van der Waals surface area (Å²) in [6.45, 7) is -0.112. The van der Waals surface area contributed by atoms with Crippen LogP contribution < -0.4 is 10.6 Å². The van der Waals surface area contributed by atoms with Gasteiger partial charge in [0.25, 0.3) is 0 Å². The molecular formula is C18H16ClN5O2S. The van der Waals surface area contributed by atoms with Crippen LogP contribution in [0.5, 0.6) is 0 Å². The van der Waals surface area contributed by atoms with Crippen LogP contribution >= 0.6 is 22.9 Å². The number of aromatic nitrogens is 2. The van der Waals surface area contributed by atoms with Gasteiger partial charge in [0.2, 0.25) is 5.91 Å². The molecule has 0 aliphatic heterocycles. The predicted octanol–water partition coefficient (Wildman–Crippen LogP) is 3.96. The van der Waals surface area contributed by atoms with Crippen molar-refractivity contribution in [1.29, 1.82) is 0 Å². The highest BCUT2D eigenvalue weighted by Crippen LogP contribution is 2.24. The van der Waals surface area contributed by atoms with Crippen molar-refractivity contribution >= 4 is 45.7 Å². The number of hydrogen-bond acceptors (Lipinski definition) is 5. The fourth-order valence-corrected chi connectivity index (χ4v) is 3.12. The van der Waals surface area contributed by atoms with Crippen LogP contribution in [0.2, 0.25) is 5.02 Å². The first-order valence-electron chi connectivity index (χ1n) is 7.95. The van der Waals surface area contributed by atoms with Gasteiger partial charge in [0, 0.05) is 41.1 Å². The van der Waals surface area contributed by atoms with Gasteiger partial charge < -0.3 is 10.2 Å². The molecule has 0 aliphatic carbocycles. The minimum atomic E-state index is -0.427. The standard InChI is InChI=1S/C18H16ClN5O2S/c1-24(10-16(25)21-14-6-2-5-13(19)8-14)18(26)23-17-22-15(11-27-17)12-4-3-7-20-9-12/h2-9,11H,10H2,1H3,(H,21,25)(H,22,23,26). The predicted molar refractivity (Wildman–Crippen MR) is 107 cm³/mol. The summed E-state index contributed by atoms with van der Waals surface area (Å²) in [5, 5.41) is 8.17. The maximum absolute atomic E-state index is 12.3. The number of carbonyl (C=O) groups excluding carboxylic acids is 2. The number of halogens is 1. The summed E-state index contributed by atoms with van der Waals surface area (Å²) in [5.41, 5.74) is 2.16. The van der Waals surface area contributed by atoms with Crippen molar-refractivity contribution < 1.29 is 9.59 Å². The van der Waals surface area contributed by atoms with Crippen molar-refractivity contribution in [2.75, 3.05) is 24.2 Å². The van der Waals surface area contributed by atoms with E-state index in [0.717, 1.165) is 11.3 Å².